The number of nitrogens with one attached hydrogen (secondary N) is 1. The summed E-state index contributed by atoms with van der Waals surface area (Å²) in [6, 6.07) is 18.8. The molecule has 0 atom stereocenters. The number of benzene rings is 3. The highest BCUT2D eigenvalue weighted by atomic mass is 19.4. The number of phenols is 1. The van der Waals surface area contributed by atoms with E-state index in [-0.39, 0.29) is 22.6 Å². The van der Waals surface area contributed by atoms with Crippen LogP contribution in [0.25, 0.3) is 10.9 Å². The predicted octanol–water partition coefficient (Wildman–Crippen LogP) is 4.93. The lowest BCUT2D eigenvalue weighted by Crippen LogP contribution is -2.17. The quantitative estimate of drug-likeness (QED) is 0.303. The summed E-state index contributed by atoms with van der Waals surface area (Å²) < 4.78 is 42.9. The Bertz CT molecular complexity index is 1450. The zero-order chi connectivity index (χ0) is 25.0. The zero-order valence-corrected chi connectivity index (χ0v) is 18.0. The molecular formula is C25H17F3N4O3. The molecule has 1 aromatic heterocycles. The Morgan fingerprint density at radius 3 is 2.63 bits per heavy atom. The van der Waals surface area contributed by atoms with Gasteiger partial charge in [0, 0.05) is 34.8 Å². The number of rotatable bonds is 6. The fourth-order valence-corrected chi connectivity index (χ4v) is 3.48. The van der Waals surface area contributed by atoms with Crippen molar-refractivity contribution in [2.24, 2.45) is 5.10 Å². The number of carbonyl (C=O) groups excluding carboxylic acids is 1. The molecule has 176 valence electrons. The first-order valence-corrected chi connectivity index (χ1v) is 10.2. The van der Waals surface area contributed by atoms with Gasteiger partial charge in [-0.15, -0.1) is 13.2 Å². The van der Waals surface area contributed by atoms with Gasteiger partial charge in [-0.1, -0.05) is 24.3 Å². The Kier molecular flexibility index (Phi) is 6.42. The number of nitriles is 1. The van der Waals surface area contributed by atoms with Crippen molar-refractivity contribution in [2.45, 2.75) is 12.9 Å². The van der Waals surface area contributed by atoms with Crippen LogP contribution in [0.15, 0.2) is 78.0 Å². The number of hydrazone groups is 1. The molecule has 0 aliphatic heterocycles. The van der Waals surface area contributed by atoms with E-state index in [2.05, 4.69) is 15.3 Å². The first kappa shape index (κ1) is 23.4. The van der Waals surface area contributed by atoms with Crippen LogP contribution in [0.5, 0.6) is 11.5 Å². The van der Waals surface area contributed by atoms with Crippen LogP contribution >= 0.6 is 0 Å². The van der Waals surface area contributed by atoms with Crippen LogP contribution in [0.1, 0.15) is 27.0 Å². The smallest absolute Gasteiger partial charge is 0.507 e. The summed E-state index contributed by atoms with van der Waals surface area (Å²) >= 11 is 0. The maximum atomic E-state index is 12.3. The molecule has 0 aliphatic carbocycles. The van der Waals surface area contributed by atoms with Crippen LogP contribution < -0.4 is 10.2 Å². The van der Waals surface area contributed by atoms with Crippen LogP contribution in [-0.4, -0.2) is 28.2 Å². The van der Waals surface area contributed by atoms with E-state index in [1.54, 1.807) is 18.2 Å². The van der Waals surface area contributed by atoms with E-state index in [0.717, 1.165) is 22.0 Å². The van der Waals surface area contributed by atoms with Crippen molar-refractivity contribution in [3.05, 3.63) is 95.2 Å². The lowest BCUT2D eigenvalue weighted by Gasteiger charge is -2.10. The SMILES string of the molecule is N#Cc1cc(C(=O)NN=Cc2cccc3c2ccn3Cc2ccc(OC(F)(F)F)cc2)ccc1O. The molecule has 0 radical (unpaired) electrons. The van der Waals surface area contributed by atoms with Gasteiger partial charge in [0.15, 0.2) is 0 Å². The number of ether oxygens (including phenoxy) is 1. The van der Waals surface area contributed by atoms with Gasteiger partial charge < -0.3 is 14.4 Å². The van der Waals surface area contributed by atoms with Crippen molar-refractivity contribution in [3.63, 3.8) is 0 Å². The van der Waals surface area contributed by atoms with Crippen LogP contribution in [-0.2, 0) is 6.54 Å². The van der Waals surface area contributed by atoms with Gasteiger partial charge in [0.25, 0.3) is 5.91 Å². The number of aromatic hydroxyl groups is 1. The summed E-state index contributed by atoms with van der Waals surface area (Å²) in [5.41, 5.74) is 4.94. The van der Waals surface area contributed by atoms with E-state index >= 15 is 0 Å². The van der Waals surface area contributed by atoms with Gasteiger partial charge in [-0.25, -0.2) is 5.43 Å². The second kappa shape index (κ2) is 9.61. The molecule has 1 amide bonds. The van der Waals surface area contributed by atoms with Crippen LogP contribution in [0.4, 0.5) is 13.2 Å². The molecule has 35 heavy (non-hydrogen) atoms. The van der Waals surface area contributed by atoms with Gasteiger partial charge >= 0.3 is 6.36 Å². The summed E-state index contributed by atoms with van der Waals surface area (Å²) in [5.74, 6) is -1.04. The Balaban J connectivity index is 1.47. The van der Waals surface area contributed by atoms with Crippen molar-refractivity contribution in [1.29, 1.82) is 5.26 Å². The summed E-state index contributed by atoms with van der Waals surface area (Å²) in [7, 11) is 0. The minimum absolute atomic E-state index is 0.0183. The van der Waals surface area contributed by atoms with E-state index in [0.29, 0.717) is 6.54 Å². The predicted molar refractivity (Wildman–Crippen MR) is 122 cm³/mol. The lowest BCUT2D eigenvalue weighted by molar-refractivity contribution is -0.274. The van der Waals surface area contributed by atoms with E-state index in [4.69, 9.17) is 5.26 Å². The summed E-state index contributed by atoms with van der Waals surface area (Å²) in [6.07, 6.45) is -1.40. The molecule has 0 saturated heterocycles. The van der Waals surface area contributed by atoms with Gasteiger partial charge in [-0.05, 0) is 48.0 Å². The maximum Gasteiger partial charge on any atom is 0.573 e. The van der Waals surface area contributed by atoms with Crippen molar-refractivity contribution in [3.8, 4) is 17.6 Å². The van der Waals surface area contributed by atoms with Crippen molar-refractivity contribution < 1.29 is 27.8 Å². The number of phenolic OH excluding ortho intramolecular Hbond substituents is 1. The molecule has 4 rings (SSSR count). The molecule has 7 nitrogen and oxygen atoms in total. The Labute approximate surface area is 197 Å². The Hall–Kier alpha value is -4.78. The third kappa shape index (κ3) is 5.59. The topological polar surface area (TPSA) is 99.6 Å². The minimum atomic E-state index is -4.74. The molecule has 0 bridgehead atoms. The molecular weight excluding hydrogens is 461 g/mol. The second-order valence-corrected chi connectivity index (χ2v) is 7.46. The number of nitrogens with zero attached hydrogens (tertiary/aromatic N) is 3. The first-order chi connectivity index (χ1) is 16.7. The fraction of sp³-hybridized carbons (Fsp3) is 0.0800. The fourth-order valence-electron chi connectivity index (χ4n) is 3.48. The van der Waals surface area contributed by atoms with Crippen LogP contribution in [0.2, 0.25) is 0 Å². The molecule has 2 N–H and O–H groups in total. The molecule has 1 heterocycles. The number of hydrogen-bond acceptors (Lipinski definition) is 5. The highest BCUT2D eigenvalue weighted by Crippen LogP contribution is 2.24. The number of carbonyl (C=O) groups is 1. The second-order valence-electron chi connectivity index (χ2n) is 7.46. The summed E-state index contributed by atoms with van der Waals surface area (Å²) in [5, 5.41) is 23.4. The monoisotopic (exact) mass is 478 g/mol. The lowest BCUT2D eigenvalue weighted by atomic mass is 10.1. The molecule has 0 saturated carbocycles. The average molecular weight is 478 g/mol. The largest absolute Gasteiger partial charge is 0.573 e. The molecule has 0 aliphatic rings. The van der Waals surface area contributed by atoms with E-state index in [9.17, 15) is 23.1 Å². The van der Waals surface area contributed by atoms with Crippen LogP contribution in [0, 0.1) is 11.3 Å². The number of fused-ring (bicyclic) bond motifs is 1. The average Bonchev–Trinajstić information content (AvgIpc) is 3.23. The third-order valence-corrected chi connectivity index (χ3v) is 5.11. The number of halogens is 3. The van der Waals surface area contributed by atoms with Gasteiger partial charge in [0.1, 0.15) is 17.6 Å². The molecule has 0 spiro atoms. The van der Waals surface area contributed by atoms with Gasteiger partial charge in [-0.3, -0.25) is 4.79 Å². The summed E-state index contributed by atoms with van der Waals surface area (Å²) in [6.45, 7) is 0.426. The maximum absolute atomic E-state index is 12.3. The highest BCUT2D eigenvalue weighted by Gasteiger charge is 2.30. The zero-order valence-electron chi connectivity index (χ0n) is 18.0. The molecule has 0 unspecified atom stereocenters. The normalized spacial score (nSPS) is 11.5. The molecule has 3 aromatic carbocycles. The van der Waals surface area contributed by atoms with Crippen LogP contribution in [0.3, 0.4) is 0 Å². The van der Waals surface area contributed by atoms with Crippen molar-refractivity contribution in [2.75, 3.05) is 0 Å². The van der Waals surface area contributed by atoms with E-state index in [1.165, 1.54) is 36.5 Å². The van der Waals surface area contributed by atoms with Crippen molar-refractivity contribution in [1.82, 2.24) is 9.99 Å². The van der Waals surface area contributed by atoms with Gasteiger partial charge in [0.05, 0.1) is 11.8 Å². The van der Waals surface area contributed by atoms with Gasteiger partial charge in [-0.2, -0.15) is 10.4 Å². The van der Waals surface area contributed by atoms with Gasteiger partial charge in [0.2, 0.25) is 0 Å². The summed E-state index contributed by atoms with van der Waals surface area (Å²) in [4.78, 5) is 12.3. The number of alkyl halides is 3. The highest BCUT2D eigenvalue weighted by molar-refractivity contribution is 6.00. The van der Waals surface area contributed by atoms with E-state index < -0.39 is 12.3 Å². The van der Waals surface area contributed by atoms with Crippen molar-refractivity contribution >= 4 is 23.0 Å². The van der Waals surface area contributed by atoms with E-state index in [1.807, 2.05) is 35.0 Å². The number of hydrogen-bond donors (Lipinski definition) is 2. The molecule has 10 heteroatoms. The first-order valence-electron chi connectivity index (χ1n) is 10.2. The molecule has 4 aromatic rings. The number of aromatic nitrogens is 1. The Morgan fingerprint density at radius 1 is 1.14 bits per heavy atom. The number of amides is 1. The third-order valence-electron chi connectivity index (χ3n) is 5.11. The molecule has 0 fully saturated rings. The standard InChI is InChI=1S/C25H17F3N4O3/c26-25(27,28)35-20-7-4-16(5-8-20)15-32-11-10-21-18(2-1-3-22(21)32)14-30-31-24(34)17-6-9-23(33)19(12-17)13-29/h1-12,14,33H,15H2,(H,31,34). The Morgan fingerprint density at radius 2 is 1.91 bits per heavy atom. The minimum Gasteiger partial charge on any atom is -0.507 e.